The van der Waals surface area contributed by atoms with Crippen LogP contribution in [0.5, 0.6) is 0 Å². The summed E-state index contributed by atoms with van der Waals surface area (Å²) in [5.74, 6) is 0. The van der Waals surface area contributed by atoms with Crippen LogP contribution in [0.2, 0.25) is 0 Å². The molecule has 1 aliphatic heterocycles. The Morgan fingerprint density at radius 3 is 2.75 bits per heavy atom. The maximum Gasteiger partial charge on any atom is 0.0588 e. The smallest absolute Gasteiger partial charge is 0.0588 e. The van der Waals surface area contributed by atoms with Gasteiger partial charge in [0.05, 0.1) is 6.10 Å². The molecule has 0 aliphatic carbocycles. The van der Waals surface area contributed by atoms with Gasteiger partial charge in [0.15, 0.2) is 0 Å². The number of ether oxygens (including phenoxy) is 1. The van der Waals surface area contributed by atoms with Crippen LogP contribution in [-0.4, -0.2) is 19.3 Å². The van der Waals surface area contributed by atoms with E-state index in [1.54, 1.807) is 0 Å². The van der Waals surface area contributed by atoms with Gasteiger partial charge in [-0.05, 0) is 56.7 Å². The molecule has 2 unspecified atom stereocenters. The number of hydrogen-bond acceptors (Lipinski definition) is 2. The van der Waals surface area contributed by atoms with Crippen molar-refractivity contribution >= 4 is 0 Å². The highest BCUT2D eigenvalue weighted by atomic mass is 16.5. The van der Waals surface area contributed by atoms with E-state index >= 15 is 0 Å². The first-order valence-corrected chi connectivity index (χ1v) is 8.23. The van der Waals surface area contributed by atoms with Crippen LogP contribution < -0.4 is 5.32 Å². The third kappa shape index (κ3) is 4.92. The van der Waals surface area contributed by atoms with Gasteiger partial charge in [0, 0.05) is 12.6 Å². The molecule has 112 valence electrons. The van der Waals surface area contributed by atoms with Crippen LogP contribution in [0.4, 0.5) is 0 Å². The summed E-state index contributed by atoms with van der Waals surface area (Å²) in [4.78, 5) is 0. The first kappa shape index (κ1) is 15.5. The van der Waals surface area contributed by atoms with Gasteiger partial charge in [-0.15, -0.1) is 0 Å². The molecule has 1 heterocycles. The third-order valence-electron chi connectivity index (χ3n) is 4.24. The molecule has 2 atom stereocenters. The normalized spacial score (nSPS) is 20.2. The fourth-order valence-electron chi connectivity index (χ4n) is 2.80. The number of unbranched alkanes of at least 4 members (excludes halogenated alkanes) is 1. The maximum atomic E-state index is 5.65. The van der Waals surface area contributed by atoms with Gasteiger partial charge < -0.3 is 10.1 Å². The Hall–Kier alpha value is -0.860. The molecule has 1 aliphatic rings. The lowest BCUT2D eigenvalue weighted by Crippen LogP contribution is -2.23. The van der Waals surface area contributed by atoms with Gasteiger partial charge in [-0.25, -0.2) is 0 Å². The lowest BCUT2D eigenvalue weighted by molar-refractivity contribution is 0.103. The van der Waals surface area contributed by atoms with Crippen molar-refractivity contribution in [2.75, 3.05) is 13.2 Å². The zero-order valence-electron chi connectivity index (χ0n) is 13.0. The number of hydrogen-bond donors (Lipinski definition) is 1. The van der Waals surface area contributed by atoms with E-state index in [0.29, 0.717) is 12.1 Å². The van der Waals surface area contributed by atoms with Crippen molar-refractivity contribution in [2.45, 2.75) is 64.5 Å². The predicted molar refractivity (Wildman–Crippen MR) is 85.1 cm³/mol. The number of benzene rings is 1. The Morgan fingerprint density at radius 2 is 2.10 bits per heavy atom. The number of nitrogens with one attached hydrogen (secondary N) is 1. The van der Waals surface area contributed by atoms with Crippen molar-refractivity contribution in [3.05, 3.63) is 35.4 Å². The van der Waals surface area contributed by atoms with E-state index in [9.17, 15) is 0 Å². The summed E-state index contributed by atoms with van der Waals surface area (Å²) in [6.45, 7) is 6.49. The molecular formula is C18H29NO. The van der Waals surface area contributed by atoms with Gasteiger partial charge in [0.1, 0.15) is 0 Å². The van der Waals surface area contributed by atoms with Gasteiger partial charge in [-0.1, -0.05) is 37.6 Å². The first-order chi connectivity index (χ1) is 9.79. The Balaban J connectivity index is 1.72. The van der Waals surface area contributed by atoms with E-state index in [4.69, 9.17) is 4.74 Å². The topological polar surface area (TPSA) is 21.3 Å². The van der Waals surface area contributed by atoms with Gasteiger partial charge >= 0.3 is 0 Å². The van der Waals surface area contributed by atoms with Gasteiger partial charge in [0.2, 0.25) is 0 Å². The van der Waals surface area contributed by atoms with Crippen molar-refractivity contribution in [2.24, 2.45) is 0 Å². The van der Waals surface area contributed by atoms with Crippen molar-refractivity contribution in [3.63, 3.8) is 0 Å². The van der Waals surface area contributed by atoms with E-state index in [1.807, 2.05) is 0 Å². The third-order valence-corrected chi connectivity index (χ3v) is 4.24. The second kappa shape index (κ2) is 8.43. The number of aryl methyl sites for hydroxylation is 1. The highest BCUT2D eigenvalue weighted by Crippen LogP contribution is 2.17. The average molecular weight is 275 g/mol. The van der Waals surface area contributed by atoms with Crippen LogP contribution in [0, 0.1) is 0 Å². The second-order valence-corrected chi connectivity index (χ2v) is 5.94. The molecule has 0 amide bonds. The predicted octanol–water partition coefficient (Wildman–Crippen LogP) is 4.25. The van der Waals surface area contributed by atoms with Crippen LogP contribution in [0.3, 0.4) is 0 Å². The maximum absolute atomic E-state index is 5.65. The largest absolute Gasteiger partial charge is 0.378 e. The Morgan fingerprint density at radius 1 is 1.30 bits per heavy atom. The minimum Gasteiger partial charge on any atom is -0.378 e. The molecule has 1 fully saturated rings. The highest BCUT2D eigenvalue weighted by molar-refractivity contribution is 5.24. The van der Waals surface area contributed by atoms with E-state index in [0.717, 1.165) is 19.6 Å². The Labute approximate surface area is 123 Å². The zero-order valence-corrected chi connectivity index (χ0v) is 13.0. The molecule has 0 aromatic heterocycles. The average Bonchev–Trinajstić information content (AvgIpc) is 2.99. The Kier molecular flexibility index (Phi) is 6.55. The highest BCUT2D eigenvalue weighted by Gasteiger charge is 2.15. The molecule has 2 heteroatoms. The molecule has 0 spiro atoms. The number of rotatable bonds is 8. The second-order valence-electron chi connectivity index (χ2n) is 5.94. The van der Waals surface area contributed by atoms with Crippen molar-refractivity contribution in [1.29, 1.82) is 0 Å². The van der Waals surface area contributed by atoms with Crippen molar-refractivity contribution in [1.82, 2.24) is 5.32 Å². The molecule has 1 aromatic rings. The summed E-state index contributed by atoms with van der Waals surface area (Å²) in [6.07, 6.45) is 7.86. The fraction of sp³-hybridized carbons (Fsp3) is 0.667. The van der Waals surface area contributed by atoms with Crippen LogP contribution in [-0.2, 0) is 11.2 Å². The van der Waals surface area contributed by atoms with Gasteiger partial charge in [-0.2, -0.15) is 0 Å². The van der Waals surface area contributed by atoms with Crippen LogP contribution in [0.15, 0.2) is 24.3 Å². The van der Waals surface area contributed by atoms with Crippen molar-refractivity contribution < 1.29 is 4.74 Å². The minimum absolute atomic E-state index is 0.427. The van der Waals surface area contributed by atoms with Gasteiger partial charge in [0.25, 0.3) is 0 Å². The van der Waals surface area contributed by atoms with Crippen LogP contribution in [0.25, 0.3) is 0 Å². The summed E-state index contributed by atoms with van der Waals surface area (Å²) in [6, 6.07) is 9.53. The molecule has 2 nitrogen and oxygen atoms in total. The molecule has 1 aromatic carbocycles. The van der Waals surface area contributed by atoms with Crippen LogP contribution >= 0.6 is 0 Å². The molecule has 0 saturated carbocycles. The van der Waals surface area contributed by atoms with Crippen molar-refractivity contribution in [3.8, 4) is 0 Å². The zero-order chi connectivity index (χ0) is 14.2. The molecule has 0 bridgehead atoms. The van der Waals surface area contributed by atoms with E-state index in [1.165, 1.54) is 43.2 Å². The van der Waals surface area contributed by atoms with Crippen LogP contribution in [0.1, 0.15) is 63.1 Å². The summed E-state index contributed by atoms with van der Waals surface area (Å²) in [5.41, 5.74) is 2.85. The van der Waals surface area contributed by atoms with E-state index in [2.05, 4.69) is 43.4 Å². The molecule has 20 heavy (non-hydrogen) atoms. The first-order valence-electron chi connectivity index (χ1n) is 8.23. The summed E-state index contributed by atoms with van der Waals surface area (Å²) in [7, 11) is 0. The monoisotopic (exact) mass is 275 g/mol. The molecule has 1 saturated heterocycles. The van der Waals surface area contributed by atoms with E-state index < -0.39 is 0 Å². The lowest BCUT2D eigenvalue weighted by Gasteiger charge is -2.16. The summed E-state index contributed by atoms with van der Waals surface area (Å²) >= 11 is 0. The molecular weight excluding hydrogens is 246 g/mol. The Bertz CT molecular complexity index is 368. The SMILES string of the molecule is CCCCc1ccc(C(C)NCCC2CCCO2)cc1. The minimum atomic E-state index is 0.427. The summed E-state index contributed by atoms with van der Waals surface area (Å²) < 4.78 is 5.65. The quantitative estimate of drug-likeness (QED) is 0.766. The standard InChI is InChI=1S/C18H29NO/c1-3-4-6-16-8-10-17(11-9-16)15(2)19-13-12-18-7-5-14-20-18/h8-11,15,18-19H,3-7,12-14H2,1-2H3. The molecule has 1 N–H and O–H groups in total. The van der Waals surface area contributed by atoms with Gasteiger partial charge in [-0.3, -0.25) is 0 Å². The molecule has 0 radical (unpaired) electrons. The molecule has 2 rings (SSSR count). The summed E-state index contributed by atoms with van der Waals surface area (Å²) in [5, 5.41) is 3.61. The lowest BCUT2D eigenvalue weighted by atomic mass is 10.0. The van der Waals surface area contributed by atoms with E-state index in [-0.39, 0.29) is 0 Å². The fourth-order valence-corrected chi connectivity index (χ4v) is 2.80.